The van der Waals surface area contributed by atoms with Crippen LogP contribution < -0.4 is 10.1 Å². The SMILES string of the molecule is Cc1cccc(C)c1OCC(C)NC(=O)OCc1ccccc1. The lowest BCUT2D eigenvalue weighted by atomic mass is 10.1. The largest absolute Gasteiger partial charge is 0.491 e. The summed E-state index contributed by atoms with van der Waals surface area (Å²) in [5, 5.41) is 2.77. The van der Waals surface area contributed by atoms with E-state index in [4.69, 9.17) is 9.47 Å². The molecular weight excluding hydrogens is 290 g/mol. The molecule has 0 fully saturated rings. The van der Waals surface area contributed by atoms with E-state index in [1.807, 2.05) is 69.3 Å². The first kappa shape index (κ1) is 16.9. The summed E-state index contributed by atoms with van der Waals surface area (Å²) in [6.45, 7) is 6.56. The quantitative estimate of drug-likeness (QED) is 0.877. The molecule has 0 aliphatic carbocycles. The van der Waals surface area contributed by atoms with Gasteiger partial charge in [-0.3, -0.25) is 0 Å². The smallest absolute Gasteiger partial charge is 0.407 e. The Kier molecular flexibility index (Phi) is 6.03. The van der Waals surface area contributed by atoms with Gasteiger partial charge in [-0.25, -0.2) is 4.79 Å². The topological polar surface area (TPSA) is 47.6 Å². The van der Waals surface area contributed by atoms with Crippen molar-refractivity contribution in [1.29, 1.82) is 0 Å². The average Bonchev–Trinajstić information content (AvgIpc) is 2.53. The molecule has 0 aliphatic rings. The number of hydrogen-bond acceptors (Lipinski definition) is 3. The summed E-state index contributed by atoms with van der Waals surface area (Å²) >= 11 is 0. The van der Waals surface area contributed by atoms with Crippen LogP contribution in [-0.4, -0.2) is 18.7 Å². The number of ether oxygens (including phenoxy) is 2. The highest BCUT2D eigenvalue weighted by atomic mass is 16.5. The standard InChI is InChI=1S/C19H23NO3/c1-14-8-7-9-15(2)18(14)22-12-16(3)20-19(21)23-13-17-10-5-4-6-11-17/h4-11,16H,12-13H2,1-3H3,(H,20,21). The van der Waals surface area contributed by atoms with Gasteiger partial charge >= 0.3 is 6.09 Å². The maximum Gasteiger partial charge on any atom is 0.407 e. The number of aryl methyl sites for hydroxylation is 2. The fourth-order valence-corrected chi connectivity index (χ4v) is 2.24. The van der Waals surface area contributed by atoms with Crippen LogP contribution in [0.1, 0.15) is 23.6 Å². The normalized spacial score (nSPS) is 11.6. The van der Waals surface area contributed by atoms with Gasteiger partial charge in [-0.2, -0.15) is 0 Å². The first-order valence-corrected chi connectivity index (χ1v) is 7.72. The molecule has 2 rings (SSSR count). The molecule has 0 radical (unpaired) electrons. The van der Waals surface area contributed by atoms with E-state index in [9.17, 15) is 4.79 Å². The maximum atomic E-state index is 11.8. The Morgan fingerprint density at radius 3 is 2.35 bits per heavy atom. The number of hydrogen-bond donors (Lipinski definition) is 1. The van der Waals surface area contributed by atoms with Gasteiger partial charge in [0.15, 0.2) is 0 Å². The number of amides is 1. The molecule has 0 aromatic heterocycles. The van der Waals surface area contributed by atoms with Crippen molar-refractivity contribution < 1.29 is 14.3 Å². The zero-order chi connectivity index (χ0) is 16.7. The molecule has 1 N–H and O–H groups in total. The fraction of sp³-hybridized carbons (Fsp3) is 0.316. The Morgan fingerprint density at radius 1 is 1.04 bits per heavy atom. The molecule has 0 aliphatic heterocycles. The molecule has 1 unspecified atom stereocenters. The summed E-state index contributed by atoms with van der Waals surface area (Å²) in [4.78, 5) is 11.8. The number of alkyl carbamates (subject to hydrolysis) is 1. The van der Waals surface area contributed by atoms with Crippen LogP contribution in [0.25, 0.3) is 0 Å². The van der Waals surface area contributed by atoms with Crippen molar-refractivity contribution in [2.75, 3.05) is 6.61 Å². The number of rotatable bonds is 6. The molecule has 0 saturated heterocycles. The number of nitrogens with one attached hydrogen (secondary N) is 1. The summed E-state index contributed by atoms with van der Waals surface area (Å²) < 4.78 is 11.0. The number of carbonyl (C=O) groups is 1. The monoisotopic (exact) mass is 313 g/mol. The highest BCUT2D eigenvalue weighted by Gasteiger charge is 2.11. The molecule has 4 heteroatoms. The van der Waals surface area contributed by atoms with Crippen molar-refractivity contribution in [3.05, 3.63) is 65.2 Å². The van der Waals surface area contributed by atoms with E-state index in [1.54, 1.807) is 0 Å². The van der Waals surface area contributed by atoms with Crippen LogP contribution in [0.4, 0.5) is 4.79 Å². The van der Waals surface area contributed by atoms with Gasteiger partial charge in [0.1, 0.15) is 19.0 Å². The van der Waals surface area contributed by atoms with Gasteiger partial charge in [0.05, 0.1) is 6.04 Å². The van der Waals surface area contributed by atoms with Crippen LogP contribution in [0, 0.1) is 13.8 Å². The molecule has 2 aromatic rings. The summed E-state index contributed by atoms with van der Waals surface area (Å²) in [5.41, 5.74) is 3.13. The summed E-state index contributed by atoms with van der Waals surface area (Å²) in [6.07, 6.45) is -0.438. The number of benzene rings is 2. The van der Waals surface area contributed by atoms with Crippen molar-refractivity contribution in [3.8, 4) is 5.75 Å². The average molecular weight is 313 g/mol. The van der Waals surface area contributed by atoms with Crippen molar-refractivity contribution in [3.63, 3.8) is 0 Å². The minimum Gasteiger partial charge on any atom is -0.491 e. The van der Waals surface area contributed by atoms with Crippen molar-refractivity contribution in [1.82, 2.24) is 5.32 Å². The van der Waals surface area contributed by atoms with Gasteiger partial charge in [0.25, 0.3) is 0 Å². The summed E-state index contributed by atoms with van der Waals surface area (Å²) in [6, 6.07) is 15.5. The van der Waals surface area contributed by atoms with E-state index in [-0.39, 0.29) is 12.6 Å². The number of para-hydroxylation sites is 1. The second kappa shape index (κ2) is 8.22. The molecule has 1 atom stereocenters. The van der Waals surface area contributed by atoms with Gasteiger partial charge in [0, 0.05) is 0 Å². The van der Waals surface area contributed by atoms with E-state index >= 15 is 0 Å². The van der Waals surface area contributed by atoms with E-state index < -0.39 is 6.09 Å². The molecule has 4 nitrogen and oxygen atoms in total. The summed E-state index contributed by atoms with van der Waals surface area (Å²) in [7, 11) is 0. The molecule has 2 aromatic carbocycles. The highest BCUT2D eigenvalue weighted by Crippen LogP contribution is 2.22. The lowest BCUT2D eigenvalue weighted by Crippen LogP contribution is -2.37. The molecule has 1 amide bonds. The van der Waals surface area contributed by atoms with Gasteiger partial charge in [-0.05, 0) is 37.5 Å². The molecule has 0 bridgehead atoms. The Morgan fingerprint density at radius 2 is 1.70 bits per heavy atom. The third kappa shape index (κ3) is 5.33. The van der Waals surface area contributed by atoms with Crippen molar-refractivity contribution in [2.45, 2.75) is 33.4 Å². The maximum absolute atomic E-state index is 11.8. The van der Waals surface area contributed by atoms with Crippen LogP contribution in [0.15, 0.2) is 48.5 Å². The minimum absolute atomic E-state index is 0.141. The second-order valence-corrected chi connectivity index (χ2v) is 5.64. The first-order valence-electron chi connectivity index (χ1n) is 7.72. The Balaban J connectivity index is 1.76. The lowest BCUT2D eigenvalue weighted by Gasteiger charge is -2.17. The van der Waals surface area contributed by atoms with E-state index in [0.717, 1.165) is 22.4 Å². The van der Waals surface area contributed by atoms with Crippen LogP contribution >= 0.6 is 0 Å². The van der Waals surface area contributed by atoms with E-state index in [0.29, 0.717) is 6.61 Å². The Bertz CT molecular complexity index is 620. The van der Waals surface area contributed by atoms with Gasteiger partial charge in [-0.15, -0.1) is 0 Å². The number of carbonyl (C=O) groups excluding carboxylic acids is 1. The minimum atomic E-state index is -0.438. The van der Waals surface area contributed by atoms with E-state index in [2.05, 4.69) is 5.32 Å². The Hall–Kier alpha value is -2.49. The fourth-order valence-electron chi connectivity index (χ4n) is 2.24. The predicted octanol–water partition coefficient (Wildman–Crippen LogP) is 4.00. The van der Waals surface area contributed by atoms with E-state index in [1.165, 1.54) is 0 Å². The van der Waals surface area contributed by atoms with Gasteiger partial charge in [0.2, 0.25) is 0 Å². The molecular formula is C19H23NO3. The first-order chi connectivity index (χ1) is 11.1. The van der Waals surface area contributed by atoms with Gasteiger partial charge in [-0.1, -0.05) is 48.5 Å². The zero-order valence-electron chi connectivity index (χ0n) is 13.8. The molecule has 0 saturated carbocycles. The van der Waals surface area contributed by atoms with Crippen LogP contribution in [0.5, 0.6) is 5.75 Å². The molecule has 122 valence electrons. The summed E-state index contributed by atoms with van der Waals surface area (Å²) in [5.74, 6) is 0.874. The molecule has 0 heterocycles. The zero-order valence-corrected chi connectivity index (χ0v) is 13.8. The molecule has 0 spiro atoms. The second-order valence-electron chi connectivity index (χ2n) is 5.64. The predicted molar refractivity (Wildman–Crippen MR) is 90.6 cm³/mol. The third-order valence-electron chi connectivity index (χ3n) is 3.46. The van der Waals surface area contributed by atoms with Gasteiger partial charge < -0.3 is 14.8 Å². The third-order valence-corrected chi connectivity index (χ3v) is 3.46. The lowest BCUT2D eigenvalue weighted by molar-refractivity contribution is 0.132. The van der Waals surface area contributed by atoms with Crippen molar-refractivity contribution >= 4 is 6.09 Å². The Labute approximate surface area is 137 Å². The molecule has 23 heavy (non-hydrogen) atoms. The van der Waals surface area contributed by atoms with Crippen LogP contribution in [-0.2, 0) is 11.3 Å². The van der Waals surface area contributed by atoms with Crippen LogP contribution in [0.2, 0.25) is 0 Å². The van der Waals surface area contributed by atoms with Crippen molar-refractivity contribution in [2.24, 2.45) is 0 Å². The van der Waals surface area contributed by atoms with Crippen LogP contribution in [0.3, 0.4) is 0 Å². The highest BCUT2D eigenvalue weighted by molar-refractivity contribution is 5.67.